The van der Waals surface area contributed by atoms with Crippen molar-refractivity contribution in [1.82, 2.24) is 14.8 Å². The highest BCUT2D eigenvalue weighted by molar-refractivity contribution is 8.00. The van der Waals surface area contributed by atoms with Crippen molar-refractivity contribution >= 4 is 34.5 Å². The Morgan fingerprint density at radius 3 is 2.77 bits per heavy atom. The summed E-state index contributed by atoms with van der Waals surface area (Å²) in [5, 5.41) is 18.9. The molecule has 30 heavy (non-hydrogen) atoms. The molecule has 2 N–H and O–H groups in total. The maximum Gasteiger partial charge on any atom is 0.0962 e. The summed E-state index contributed by atoms with van der Waals surface area (Å²) in [5.41, 5.74) is 3.33. The average molecular weight is 441 g/mol. The summed E-state index contributed by atoms with van der Waals surface area (Å²) in [6, 6.07) is 6.65. The topological polar surface area (TPSA) is 63.0 Å². The Balaban J connectivity index is 1.38. The zero-order chi connectivity index (χ0) is 20.3. The maximum atomic E-state index is 9.08. The third-order valence-electron chi connectivity index (χ3n) is 5.79. The van der Waals surface area contributed by atoms with Crippen molar-refractivity contribution in [2.24, 2.45) is 0 Å². The molecule has 0 radical (unpaired) electrons. The Labute approximate surface area is 185 Å². The van der Waals surface area contributed by atoms with E-state index < -0.39 is 0 Å². The molecule has 0 saturated heterocycles. The number of rotatable bonds is 8. The summed E-state index contributed by atoms with van der Waals surface area (Å²) < 4.78 is 1.75. The smallest absolute Gasteiger partial charge is 0.0962 e. The van der Waals surface area contributed by atoms with Gasteiger partial charge >= 0.3 is 0 Å². The zero-order valence-corrected chi connectivity index (χ0v) is 18.7. The van der Waals surface area contributed by atoms with E-state index in [4.69, 9.17) is 10.1 Å². The van der Waals surface area contributed by atoms with Gasteiger partial charge in [-0.15, -0.1) is 23.1 Å². The minimum Gasteiger partial charge on any atom is -0.394 e. The number of thiazole rings is 1. The van der Waals surface area contributed by atoms with Crippen LogP contribution in [0, 0.1) is 0 Å². The molecule has 0 amide bonds. The highest BCUT2D eigenvalue weighted by Crippen LogP contribution is 2.46. The quantitative estimate of drug-likeness (QED) is 0.447. The van der Waals surface area contributed by atoms with Gasteiger partial charge in [-0.25, -0.2) is 4.98 Å². The Morgan fingerprint density at radius 1 is 1.10 bits per heavy atom. The van der Waals surface area contributed by atoms with Gasteiger partial charge in [-0.2, -0.15) is 5.10 Å². The third kappa shape index (κ3) is 4.74. The van der Waals surface area contributed by atoms with Gasteiger partial charge in [0.25, 0.3) is 0 Å². The second-order valence-electron chi connectivity index (χ2n) is 8.27. The number of nitrogens with one attached hydrogen (secondary N) is 1. The summed E-state index contributed by atoms with van der Waals surface area (Å²) in [4.78, 5) is 7.45. The molecule has 2 fully saturated rings. The molecule has 0 aliphatic heterocycles. The normalized spacial score (nSPS) is 17.4. The Morgan fingerprint density at radius 2 is 1.97 bits per heavy atom. The molecule has 2 heterocycles. The first-order chi connectivity index (χ1) is 14.8. The van der Waals surface area contributed by atoms with Crippen LogP contribution >= 0.6 is 23.1 Å². The summed E-state index contributed by atoms with van der Waals surface area (Å²) >= 11 is 3.89. The van der Waals surface area contributed by atoms with Crippen LogP contribution in [0.15, 0.2) is 41.7 Å². The number of benzene rings is 1. The van der Waals surface area contributed by atoms with Gasteiger partial charge in [0.1, 0.15) is 0 Å². The Bertz CT molecular complexity index is 989. The number of thioether (sulfide) groups is 1. The van der Waals surface area contributed by atoms with Gasteiger partial charge in [0, 0.05) is 39.7 Å². The number of nitrogens with zero attached hydrogens (tertiary/aromatic N) is 3. The highest BCUT2D eigenvalue weighted by atomic mass is 32.2. The predicted octanol–water partition coefficient (Wildman–Crippen LogP) is 6.04. The van der Waals surface area contributed by atoms with Crippen molar-refractivity contribution in [3.8, 4) is 10.4 Å². The number of hydrogen-bond acceptors (Lipinski definition) is 6. The van der Waals surface area contributed by atoms with Crippen molar-refractivity contribution in [3.05, 3.63) is 41.8 Å². The van der Waals surface area contributed by atoms with E-state index >= 15 is 0 Å². The Hall–Kier alpha value is -1.83. The van der Waals surface area contributed by atoms with Crippen LogP contribution in [-0.2, 0) is 6.54 Å². The van der Waals surface area contributed by atoms with Gasteiger partial charge in [0.05, 0.1) is 34.9 Å². The fourth-order valence-electron chi connectivity index (χ4n) is 4.04. The predicted molar refractivity (Wildman–Crippen MR) is 125 cm³/mol. The van der Waals surface area contributed by atoms with Crippen LogP contribution < -0.4 is 5.32 Å². The van der Waals surface area contributed by atoms with Gasteiger partial charge in [-0.3, -0.25) is 4.68 Å². The number of aliphatic hydroxyl groups excluding tert-OH is 1. The summed E-state index contributed by atoms with van der Waals surface area (Å²) in [7, 11) is 0. The lowest BCUT2D eigenvalue weighted by molar-refractivity contribution is 0.269. The van der Waals surface area contributed by atoms with Crippen LogP contribution in [-0.4, -0.2) is 31.7 Å². The monoisotopic (exact) mass is 440 g/mol. The molecule has 158 valence electrons. The van der Waals surface area contributed by atoms with E-state index in [0.29, 0.717) is 12.5 Å². The van der Waals surface area contributed by atoms with Gasteiger partial charge < -0.3 is 10.4 Å². The van der Waals surface area contributed by atoms with Crippen molar-refractivity contribution in [1.29, 1.82) is 0 Å². The molecule has 2 aliphatic rings. The number of hydrogen-bond donors (Lipinski definition) is 2. The molecule has 2 aliphatic carbocycles. The molecule has 0 atom stereocenters. The second-order valence-corrected chi connectivity index (χ2v) is 10.7. The Kier molecular flexibility index (Phi) is 6.11. The van der Waals surface area contributed by atoms with Crippen molar-refractivity contribution < 1.29 is 5.11 Å². The summed E-state index contributed by atoms with van der Waals surface area (Å²) in [6.07, 6.45) is 15.1. The first kappa shape index (κ1) is 20.1. The first-order valence-electron chi connectivity index (χ1n) is 11.0. The molecular weight excluding hydrogens is 412 g/mol. The van der Waals surface area contributed by atoms with E-state index in [2.05, 4.69) is 34.8 Å². The molecule has 5 rings (SSSR count). The molecular formula is C23H28N4OS2. The van der Waals surface area contributed by atoms with Gasteiger partial charge in [-0.05, 0) is 37.8 Å². The maximum absolute atomic E-state index is 9.08. The number of anilines is 2. The standard InChI is InChI=1S/C23H28N4OS2/c28-11-10-27-15-18(13-25-27)26-17-6-9-20(21(12-17)29-19-7-8-19)22-14-24-23(30-22)16-4-2-1-3-5-16/h6,9,12-16,19,26,28H,1-5,7-8,10-11H2. The van der Waals surface area contributed by atoms with E-state index in [0.717, 1.165) is 16.6 Å². The van der Waals surface area contributed by atoms with Gasteiger partial charge in [-0.1, -0.05) is 25.3 Å². The molecule has 7 heteroatoms. The average Bonchev–Trinajstić information content (AvgIpc) is 3.25. The van der Waals surface area contributed by atoms with Crippen LogP contribution in [0.25, 0.3) is 10.4 Å². The van der Waals surface area contributed by atoms with Crippen LogP contribution in [0.2, 0.25) is 0 Å². The van der Waals surface area contributed by atoms with Crippen molar-refractivity contribution in [3.63, 3.8) is 0 Å². The van der Waals surface area contributed by atoms with Crippen LogP contribution in [0.5, 0.6) is 0 Å². The SMILES string of the molecule is OCCn1cc(Nc2ccc(-c3cnc(C4CCCCC4)s3)c(SC3CC3)c2)cn1. The largest absolute Gasteiger partial charge is 0.394 e. The third-order valence-corrected chi connectivity index (χ3v) is 8.38. The zero-order valence-electron chi connectivity index (χ0n) is 17.1. The van der Waals surface area contributed by atoms with Gasteiger partial charge in [0.2, 0.25) is 0 Å². The minimum atomic E-state index is 0.0929. The van der Waals surface area contributed by atoms with E-state index in [1.54, 1.807) is 10.9 Å². The van der Waals surface area contributed by atoms with Crippen LogP contribution in [0.4, 0.5) is 11.4 Å². The van der Waals surface area contributed by atoms with Gasteiger partial charge in [0.15, 0.2) is 0 Å². The molecule has 5 nitrogen and oxygen atoms in total. The highest BCUT2D eigenvalue weighted by Gasteiger charge is 2.25. The number of aliphatic hydroxyl groups is 1. The van der Waals surface area contributed by atoms with Crippen molar-refractivity contribution in [2.75, 3.05) is 11.9 Å². The summed E-state index contributed by atoms with van der Waals surface area (Å²) in [6.45, 7) is 0.605. The lowest BCUT2D eigenvalue weighted by Gasteiger charge is -2.18. The lowest BCUT2D eigenvalue weighted by Crippen LogP contribution is -2.03. The molecule has 1 aromatic carbocycles. The molecule has 2 aromatic heterocycles. The lowest BCUT2D eigenvalue weighted by atomic mass is 9.90. The van der Waals surface area contributed by atoms with Crippen molar-refractivity contribution in [2.45, 2.75) is 67.6 Å². The fraction of sp³-hybridized carbons (Fsp3) is 0.478. The summed E-state index contributed by atoms with van der Waals surface area (Å²) in [5.74, 6) is 0.661. The fourth-order valence-corrected chi connectivity index (χ4v) is 6.46. The second kappa shape index (κ2) is 9.12. The van der Waals surface area contributed by atoms with Crippen LogP contribution in [0.1, 0.15) is 55.9 Å². The first-order valence-corrected chi connectivity index (χ1v) is 12.7. The molecule has 0 unspecified atom stereocenters. The minimum absolute atomic E-state index is 0.0929. The molecule has 0 spiro atoms. The van der Waals surface area contributed by atoms with E-state index in [1.165, 1.54) is 65.3 Å². The molecule has 3 aromatic rings. The van der Waals surface area contributed by atoms with Crippen LogP contribution in [0.3, 0.4) is 0 Å². The van der Waals surface area contributed by atoms with E-state index in [9.17, 15) is 0 Å². The van der Waals surface area contributed by atoms with E-state index in [-0.39, 0.29) is 6.61 Å². The molecule has 2 saturated carbocycles. The van der Waals surface area contributed by atoms with E-state index in [1.807, 2.05) is 29.3 Å². The number of aromatic nitrogens is 3. The molecule has 0 bridgehead atoms.